The molecule has 2 aromatic rings. The van der Waals surface area contributed by atoms with E-state index in [2.05, 4.69) is 15.2 Å². The summed E-state index contributed by atoms with van der Waals surface area (Å²) < 4.78 is 0. The van der Waals surface area contributed by atoms with E-state index in [1.807, 2.05) is 30.3 Å². The van der Waals surface area contributed by atoms with Crippen molar-refractivity contribution in [3.8, 4) is 0 Å². The Morgan fingerprint density at radius 1 is 1.11 bits per heavy atom. The fourth-order valence-corrected chi connectivity index (χ4v) is 4.62. The van der Waals surface area contributed by atoms with Crippen LogP contribution in [0.3, 0.4) is 0 Å². The molecule has 0 atom stereocenters. The number of carbonyl (C=O) groups is 1. The third-order valence-corrected chi connectivity index (χ3v) is 5.62. The van der Waals surface area contributed by atoms with Crippen LogP contribution in [0.1, 0.15) is 12.0 Å². The molecule has 0 unspecified atom stereocenters. The highest BCUT2D eigenvalue weighted by Gasteiger charge is 2.35. The molecule has 2 heterocycles. The fraction of sp³-hybridized carbons (Fsp3) is 0.158. The predicted molar refractivity (Wildman–Crippen MR) is 117 cm³/mol. The van der Waals surface area contributed by atoms with Crippen molar-refractivity contribution in [2.45, 2.75) is 6.42 Å². The van der Waals surface area contributed by atoms with E-state index in [-0.39, 0.29) is 18.3 Å². The summed E-state index contributed by atoms with van der Waals surface area (Å²) in [6.07, 6.45) is 0.971. The van der Waals surface area contributed by atoms with Gasteiger partial charge in [-0.1, -0.05) is 53.5 Å². The van der Waals surface area contributed by atoms with Crippen LogP contribution in [0.25, 0.3) is 5.70 Å². The number of fused-ring (bicyclic) bond motifs is 1. The minimum absolute atomic E-state index is 0. The Labute approximate surface area is 178 Å². The first kappa shape index (κ1) is 20.1. The summed E-state index contributed by atoms with van der Waals surface area (Å²) in [6, 6.07) is 14.9. The lowest BCUT2D eigenvalue weighted by Gasteiger charge is -2.25. The second-order valence-electron chi connectivity index (χ2n) is 5.93. The highest BCUT2D eigenvalue weighted by molar-refractivity contribution is 8.18. The molecule has 140 valence electrons. The normalized spacial score (nSPS) is 15.8. The summed E-state index contributed by atoms with van der Waals surface area (Å²) in [5.41, 5.74) is 2.47. The molecule has 0 spiro atoms. The van der Waals surface area contributed by atoms with Gasteiger partial charge in [0.2, 0.25) is 0 Å². The molecule has 0 bridgehead atoms. The van der Waals surface area contributed by atoms with Gasteiger partial charge in [-0.05, 0) is 41.9 Å². The Morgan fingerprint density at radius 3 is 2.52 bits per heavy atom. The first-order valence-electron chi connectivity index (χ1n) is 8.19. The van der Waals surface area contributed by atoms with Crippen molar-refractivity contribution in [2.75, 3.05) is 18.4 Å². The van der Waals surface area contributed by atoms with Crippen LogP contribution < -0.4 is 5.32 Å². The Morgan fingerprint density at radius 2 is 1.81 bits per heavy atom. The van der Waals surface area contributed by atoms with Crippen molar-refractivity contribution >= 4 is 69.8 Å². The highest BCUT2D eigenvalue weighted by Crippen LogP contribution is 2.41. The Kier molecular flexibility index (Phi) is 6.37. The van der Waals surface area contributed by atoms with E-state index in [0.717, 1.165) is 35.9 Å². The van der Waals surface area contributed by atoms with E-state index in [1.54, 1.807) is 18.2 Å². The molecule has 2 aromatic carbocycles. The van der Waals surface area contributed by atoms with Crippen molar-refractivity contribution in [1.29, 1.82) is 0 Å². The number of hydrogen-bond donors (Lipinski definition) is 1. The van der Waals surface area contributed by atoms with Crippen LogP contribution in [0.5, 0.6) is 0 Å². The fourth-order valence-electron chi connectivity index (χ4n) is 2.99. The van der Waals surface area contributed by atoms with E-state index in [4.69, 9.17) is 23.2 Å². The van der Waals surface area contributed by atoms with Crippen LogP contribution in [0.2, 0.25) is 10.0 Å². The molecule has 0 saturated carbocycles. The lowest BCUT2D eigenvalue weighted by molar-refractivity contribution is -0.112. The highest BCUT2D eigenvalue weighted by atomic mass is 35.5. The molecule has 2 aliphatic heterocycles. The summed E-state index contributed by atoms with van der Waals surface area (Å²) in [5.74, 6) is -0.190. The van der Waals surface area contributed by atoms with Gasteiger partial charge in [0.1, 0.15) is 4.91 Å². The number of benzene rings is 2. The Balaban J connectivity index is 0.00000210. The largest absolute Gasteiger partial charge is 0.321 e. The number of amides is 1. The maximum atomic E-state index is 13.0. The summed E-state index contributed by atoms with van der Waals surface area (Å²) in [7, 11) is 0. The molecule has 2 aliphatic rings. The lowest BCUT2D eigenvalue weighted by Crippen LogP contribution is -2.29. The van der Waals surface area contributed by atoms with Gasteiger partial charge in [-0.2, -0.15) is 0 Å². The summed E-state index contributed by atoms with van der Waals surface area (Å²) in [6.45, 7) is 1.65. The van der Waals surface area contributed by atoms with Gasteiger partial charge in [-0.3, -0.25) is 9.79 Å². The summed E-state index contributed by atoms with van der Waals surface area (Å²) in [4.78, 5) is 20.3. The number of nitrogens with zero attached hydrogens (tertiary/aromatic N) is 2. The van der Waals surface area contributed by atoms with E-state index < -0.39 is 0 Å². The van der Waals surface area contributed by atoms with Crippen molar-refractivity contribution in [1.82, 2.24) is 4.90 Å². The van der Waals surface area contributed by atoms with Crippen LogP contribution >= 0.6 is 47.4 Å². The molecule has 4 nitrogen and oxygen atoms in total. The maximum absolute atomic E-state index is 13.0. The van der Waals surface area contributed by atoms with Gasteiger partial charge < -0.3 is 10.2 Å². The zero-order chi connectivity index (χ0) is 18.1. The monoisotopic (exact) mass is 439 g/mol. The van der Waals surface area contributed by atoms with E-state index in [1.165, 1.54) is 11.8 Å². The van der Waals surface area contributed by atoms with Crippen LogP contribution in [0, 0.1) is 0 Å². The average Bonchev–Trinajstić information content (AvgIpc) is 3.01. The average molecular weight is 441 g/mol. The number of nitrogens with one attached hydrogen (secondary N) is 1. The third-order valence-electron chi connectivity index (χ3n) is 4.07. The van der Waals surface area contributed by atoms with Crippen molar-refractivity contribution < 1.29 is 4.79 Å². The molecule has 1 N–H and O–H groups in total. The molecular weight excluding hydrogens is 425 g/mol. The standard InChI is InChI=1S/C19H15Cl2N3OS.ClH/c20-13-9-14(21)11-15(10-13)23-18(25)17-16(12-5-2-1-3-6-12)24-8-4-7-22-19(24)26-17;/h1-3,5-6,9-11H,4,7-8H2,(H,23,25);1H. The van der Waals surface area contributed by atoms with Gasteiger partial charge in [-0.15, -0.1) is 12.4 Å². The zero-order valence-electron chi connectivity index (χ0n) is 14.1. The second-order valence-corrected chi connectivity index (χ2v) is 7.78. The zero-order valence-corrected chi connectivity index (χ0v) is 17.3. The van der Waals surface area contributed by atoms with Crippen LogP contribution in [-0.2, 0) is 4.79 Å². The molecule has 0 radical (unpaired) electrons. The smallest absolute Gasteiger partial charge is 0.264 e. The molecule has 27 heavy (non-hydrogen) atoms. The van der Waals surface area contributed by atoms with Crippen LogP contribution in [0.15, 0.2) is 58.4 Å². The minimum Gasteiger partial charge on any atom is -0.321 e. The number of amidine groups is 1. The minimum atomic E-state index is -0.190. The number of rotatable bonds is 3. The second kappa shape index (κ2) is 8.57. The van der Waals surface area contributed by atoms with Crippen LogP contribution in [-0.4, -0.2) is 29.1 Å². The van der Waals surface area contributed by atoms with Gasteiger partial charge in [-0.25, -0.2) is 0 Å². The van der Waals surface area contributed by atoms with Gasteiger partial charge in [0.25, 0.3) is 5.91 Å². The molecule has 0 fully saturated rings. The number of hydrogen-bond acceptors (Lipinski definition) is 4. The molecule has 4 rings (SSSR count). The number of carbonyl (C=O) groups excluding carboxylic acids is 1. The van der Waals surface area contributed by atoms with E-state index >= 15 is 0 Å². The van der Waals surface area contributed by atoms with Crippen molar-refractivity contribution in [2.24, 2.45) is 4.99 Å². The van der Waals surface area contributed by atoms with E-state index in [0.29, 0.717) is 20.6 Å². The number of anilines is 1. The quantitative estimate of drug-likeness (QED) is 0.682. The number of halogens is 3. The molecule has 8 heteroatoms. The molecule has 1 amide bonds. The van der Waals surface area contributed by atoms with E-state index in [9.17, 15) is 4.79 Å². The molecule has 0 aliphatic carbocycles. The lowest BCUT2D eigenvalue weighted by atomic mass is 10.1. The Bertz CT molecular complexity index is 911. The molecule has 0 saturated heterocycles. The van der Waals surface area contributed by atoms with Crippen molar-refractivity contribution in [3.05, 3.63) is 69.0 Å². The first-order valence-corrected chi connectivity index (χ1v) is 9.76. The third kappa shape index (κ3) is 4.27. The maximum Gasteiger partial charge on any atom is 0.264 e. The molecular formula is C19H16Cl3N3OS. The number of thioether (sulfide) groups is 1. The number of aliphatic imine (C=N–C) groups is 1. The topological polar surface area (TPSA) is 44.7 Å². The van der Waals surface area contributed by atoms with Crippen molar-refractivity contribution in [3.63, 3.8) is 0 Å². The van der Waals surface area contributed by atoms with Gasteiger partial charge in [0.15, 0.2) is 5.17 Å². The summed E-state index contributed by atoms with van der Waals surface area (Å²) in [5, 5.41) is 4.74. The SMILES string of the molecule is Cl.O=C(Nc1cc(Cl)cc(Cl)c1)C1=C(c2ccccc2)N2CCCN=C2S1. The first-order chi connectivity index (χ1) is 12.6. The van der Waals surface area contributed by atoms with Crippen LogP contribution in [0.4, 0.5) is 5.69 Å². The molecule has 0 aromatic heterocycles. The van der Waals surface area contributed by atoms with Gasteiger partial charge in [0.05, 0.1) is 5.70 Å². The summed E-state index contributed by atoms with van der Waals surface area (Å²) >= 11 is 13.5. The van der Waals surface area contributed by atoms with Gasteiger partial charge >= 0.3 is 0 Å². The van der Waals surface area contributed by atoms with Gasteiger partial charge in [0, 0.05) is 28.8 Å². The predicted octanol–water partition coefficient (Wildman–Crippen LogP) is 5.53. The Hall–Kier alpha value is -1.66.